The predicted octanol–water partition coefficient (Wildman–Crippen LogP) is 3.80. The SMILES string of the molecule is FC(F)(F)c1cccn2c(-c3ccnc(NC4CC[C](N5CCn6cnnc6C5)CC4)n3)cnc12. The molecule has 1 N–H and O–H groups in total. The first-order valence-corrected chi connectivity index (χ1v) is 11.6. The second-order valence-electron chi connectivity index (χ2n) is 8.87. The molecule has 1 aliphatic carbocycles. The number of halogens is 3. The number of rotatable bonds is 4. The van der Waals surface area contributed by atoms with Crippen molar-refractivity contribution in [3.05, 3.63) is 60.5 Å². The van der Waals surface area contributed by atoms with E-state index in [-0.39, 0.29) is 11.7 Å². The number of hydrogen-bond acceptors (Lipinski definition) is 7. The third-order valence-corrected chi connectivity index (χ3v) is 6.74. The van der Waals surface area contributed by atoms with Crippen LogP contribution in [-0.2, 0) is 19.3 Å². The number of imidazole rings is 1. The largest absolute Gasteiger partial charge is 0.419 e. The van der Waals surface area contributed by atoms with E-state index in [0.29, 0.717) is 17.3 Å². The van der Waals surface area contributed by atoms with Crippen LogP contribution in [0.15, 0.2) is 43.1 Å². The molecule has 181 valence electrons. The highest BCUT2D eigenvalue weighted by Crippen LogP contribution is 2.34. The zero-order valence-corrected chi connectivity index (χ0v) is 18.8. The highest BCUT2D eigenvalue weighted by molar-refractivity contribution is 5.63. The second kappa shape index (κ2) is 8.59. The van der Waals surface area contributed by atoms with Crippen LogP contribution in [0.3, 0.4) is 0 Å². The lowest BCUT2D eigenvalue weighted by molar-refractivity contribution is -0.136. The summed E-state index contributed by atoms with van der Waals surface area (Å²) in [4.78, 5) is 15.4. The zero-order chi connectivity index (χ0) is 24.0. The number of fused-ring (bicyclic) bond motifs is 2. The van der Waals surface area contributed by atoms with Crippen LogP contribution in [0, 0.1) is 6.04 Å². The molecule has 9 nitrogen and oxygen atoms in total. The summed E-state index contributed by atoms with van der Waals surface area (Å²) in [5.41, 5.74) is 0.0693. The maximum atomic E-state index is 13.4. The minimum absolute atomic E-state index is 0.144. The average molecular weight is 482 g/mol. The van der Waals surface area contributed by atoms with E-state index in [2.05, 4.69) is 39.9 Å². The molecule has 1 fully saturated rings. The molecule has 0 amide bonds. The Morgan fingerprint density at radius 2 is 1.91 bits per heavy atom. The van der Waals surface area contributed by atoms with Crippen molar-refractivity contribution >= 4 is 11.6 Å². The summed E-state index contributed by atoms with van der Waals surface area (Å²) in [5, 5.41) is 11.6. The van der Waals surface area contributed by atoms with Crippen molar-refractivity contribution in [3.63, 3.8) is 0 Å². The van der Waals surface area contributed by atoms with Crippen LogP contribution in [0.5, 0.6) is 0 Å². The Bertz CT molecular complexity index is 1340. The van der Waals surface area contributed by atoms with E-state index >= 15 is 0 Å². The van der Waals surface area contributed by atoms with Gasteiger partial charge in [-0.15, -0.1) is 10.2 Å². The third-order valence-electron chi connectivity index (χ3n) is 6.74. The average Bonchev–Trinajstić information content (AvgIpc) is 3.50. The Morgan fingerprint density at radius 3 is 2.74 bits per heavy atom. The summed E-state index contributed by atoms with van der Waals surface area (Å²) >= 11 is 0. The van der Waals surface area contributed by atoms with Gasteiger partial charge in [-0.05, 0) is 43.9 Å². The van der Waals surface area contributed by atoms with Crippen molar-refractivity contribution in [2.24, 2.45) is 0 Å². The number of hydrogen-bond donors (Lipinski definition) is 1. The van der Waals surface area contributed by atoms with E-state index in [1.165, 1.54) is 22.7 Å². The molecule has 4 aromatic rings. The summed E-state index contributed by atoms with van der Waals surface area (Å²) in [5.74, 6) is 1.47. The van der Waals surface area contributed by atoms with Gasteiger partial charge in [0.15, 0.2) is 0 Å². The minimum atomic E-state index is -4.48. The number of alkyl halides is 3. The van der Waals surface area contributed by atoms with Gasteiger partial charge in [-0.2, -0.15) is 13.2 Å². The Labute approximate surface area is 199 Å². The third kappa shape index (κ3) is 4.22. The van der Waals surface area contributed by atoms with E-state index < -0.39 is 11.7 Å². The van der Waals surface area contributed by atoms with Gasteiger partial charge in [-0.25, -0.2) is 15.0 Å². The standard InChI is InChI=1S/C23H23F3N9/c24-23(25,26)17-2-1-9-35-19(12-28-21(17)35)18-7-8-27-22(31-18)30-15-3-5-16(6-4-15)33-10-11-34-14-29-32-20(34)13-33/h1-2,7-9,12,14-15H,3-6,10-11,13H2,(H,27,30,31). The Balaban J connectivity index is 1.13. The van der Waals surface area contributed by atoms with Crippen molar-refractivity contribution in [2.75, 3.05) is 11.9 Å². The lowest BCUT2D eigenvalue weighted by atomic mass is 9.90. The molecule has 1 aliphatic heterocycles. The van der Waals surface area contributed by atoms with E-state index in [0.717, 1.165) is 57.2 Å². The fourth-order valence-electron chi connectivity index (χ4n) is 4.92. The summed E-state index contributed by atoms with van der Waals surface area (Å²) in [7, 11) is 0. The monoisotopic (exact) mass is 482 g/mol. The molecule has 35 heavy (non-hydrogen) atoms. The van der Waals surface area contributed by atoms with Crippen LogP contribution in [0.4, 0.5) is 19.1 Å². The minimum Gasteiger partial charge on any atom is -0.351 e. The smallest absolute Gasteiger partial charge is 0.351 e. The van der Waals surface area contributed by atoms with Gasteiger partial charge in [-0.3, -0.25) is 9.30 Å². The van der Waals surface area contributed by atoms with Gasteiger partial charge in [0.1, 0.15) is 17.8 Å². The Morgan fingerprint density at radius 1 is 1.06 bits per heavy atom. The molecule has 1 saturated carbocycles. The van der Waals surface area contributed by atoms with Crippen molar-refractivity contribution in [3.8, 4) is 11.4 Å². The number of pyridine rings is 1. The molecular formula is C23H23F3N9. The quantitative estimate of drug-likeness (QED) is 0.473. The molecule has 0 aromatic carbocycles. The first kappa shape index (κ1) is 22.0. The van der Waals surface area contributed by atoms with Crippen molar-refractivity contribution in [2.45, 2.75) is 51.0 Å². The number of aromatic nitrogens is 7. The second-order valence-corrected chi connectivity index (χ2v) is 8.87. The van der Waals surface area contributed by atoms with Gasteiger partial charge in [-0.1, -0.05) is 0 Å². The number of nitrogens with zero attached hydrogens (tertiary/aromatic N) is 8. The lowest BCUT2D eigenvalue weighted by Gasteiger charge is -2.38. The maximum absolute atomic E-state index is 13.4. The molecule has 0 spiro atoms. The maximum Gasteiger partial charge on any atom is 0.419 e. The lowest BCUT2D eigenvalue weighted by Crippen LogP contribution is -2.39. The molecule has 5 heterocycles. The molecular weight excluding hydrogens is 459 g/mol. The van der Waals surface area contributed by atoms with Gasteiger partial charge in [0, 0.05) is 37.6 Å². The van der Waals surface area contributed by atoms with Crippen molar-refractivity contribution < 1.29 is 13.2 Å². The van der Waals surface area contributed by atoms with Gasteiger partial charge in [0.2, 0.25) is 5.95 Å². The summed E-state index contributed by atoms with van der Waals surface area (Å²) in [6, 6.07) is 5.74. The molecule has 2 aliphatic rings. The predicted molar refractivity (Wildman–Crippen MR) is 121 cm³/mol. The van der Waals surface area contributed by atoms with Crippen molar-refractivity contribution in [1.82, 2.24) is 39.0 Å². The topological polar surface area (TPSA) is 89.1 Å². The molecule has 1 radical (unpaired) electrons. The fraction of sp³-hybridized carbons (Fsp3) is 0.391. The number of anilines is 1. The van der Waals surface area contributed by atoms with Gasteiger partial charge in [0.05, 0.1) is 29.7 Å². The number of nitrogens with one attached hydrogen (secondary N) is 1. The highest BCUT2D eigenvalue weighted by atomic mass is 19.4. The Kier molecular flexibility index (Phi) is 5.39. The zero-order valence-electron chi connectivity index (χ0n) is 18.8. The molecule has 12 heteroatoms. The van der Waals surface area contributed by atoms with E-state index in [9.17, 15) is 13.2 Å². The fourth-order valence-corrected chi connectivity index (χ4v) is 4.92. The van der Waals surface area contributed by atoms with E-state index in [1.807, 2.05) is 0 Å². The normalized spacial score (nSPS) is 18.1. The summed E-state index contributed by atoms with van der Waals surface area (Å²) in [6.45, 7) is 2.68. The first-order chi connectivity index (χ1) is 17.0. The van der Waals surface area contributed by atoms with E-state index in [4.69, 9.17) is 0 Å². The molecule has 0 bridgehead atoms. The van der Waals surface area contributed by atoms with Crippen molar-refractivity contribution in [1.29, 1.82) is 0 Å². The van der Waals surface area contributed by atoms with Crippen LogP contribution < -0.4 is 5.32 Å². The molecule has 0 unspecified atom stereocenters. The summed E-state index contributed by atoms with van der Waals surface area (Å²) in [6.07, 6.45) is 5.77. The van der Waals surface area contributed by atoms with Crippen LogP contribution in [0.2, 0.25) is 0 Å². The van der Waals surface area contributed by atoms with Crippen LogP contribution >= 0.6 is 0 Å². The molecule has 6 rings (SSSR count). The van der Waals surface area contributed by atoms with E-state index in [1.54, 1.807) is 24.8 Å². The van der Waals surface area contributed by atoms with Gasteiger partial charge >= 0.3 is 6.18 Å². The summed E-state index contributed by atoms with van der Waals surface area (Å²) < 4.78 is 43.6. The van der Waals surface area contributed by atoms with Gasteiger partial charge < -0.3 is 9.88 Å². The molecule has 4 aromatic heterocycles. The Hall–Kier alpha value is -3.54. The molecule has 0 saturated heterocycles. The van der Waals surface area contributed by atoms with Crippen LogP contribution in [0.25, 0.3) is 17.0 Å². The first-order valence-electron chi connectivity index (χ1n) is 11.6. The van der Waals surface area contributed by atoms with Gasteiger partial charge in [0.25, 0.3) is 0 Å². The van der Waals surface area contributed by atoms with Crippen LogP contribution in [-0.4, -0.2) is 51.6 Å². The molecule has 0 atom stereocenters. The highest BCUT2D eigenvalue weighted by Gasteiger charge is 2.34. The van der Waals surface area contributed by atoms with Crippen LogP contribution in [0.1, 0.15) is 37.1 Å².